The third-order valence-corrected chi connectivity index (χ3v) is 8.82. The Bertz CT molecular complexity index is 1240. The summed E-state index contributed by atoms with van der Waals surface area (Å²) in [6.45, 7) is 1.87. The van der Waals surface area contributed by atoms with Crippen molar-refractivity contribution in [2.24, 2.45) is 0 Å². The van der Waals surface area contributed by atoms with Gasteiger partial charge in [0.15, 0.2) is 0 Å². The van der Waals surface area contributed by atoms with Crippen molar-refractivity contribution in [2.45, 2.75) is 42.7 Å². The lowest BCUT2D eigenvalue weighted by Crippen LogP contribution is -2.36. The molecule has 2 atom stereocenters. The minimum absolute atomic E-state index is 0.00523. The SMILES string of the molecule is O=C1C(=O)N(C[C@@H]2CCCO2)[C@@H](c2ccccc2)C1=C(O)c1ccc(S(=O)(=O)N2CCCC2)cc1. The first kappa shape index (κ1) is 23.7. The van der Waals surface area contributed by atoms with Gasteiger partial charge in [-0.2, -0.15) is 4.31 Å². The molecule has 2 aromatic rings. The third kappa shape index (κ3) is 4.39. The van der Waals surface area contributed by atoms with Crippen molar-refractivity contribution in [1.29, 1.82) is 0 Å². The number of benzene rings is 2. The number of carbonyl (C=O) groups is 2. The van der Waals surface area contributed by atoms with E-state index in [9.17, 15) is 23.1 Å². The maximum absolute atomic E-state index is 13.1. The Labute approximate surface area is 204 Å². The number of hydrogen-bond acceptors (Lipinski definition) is 6. The lowest BCUT2D eigenvalue weighted by atomic mass is 9.95. The molecule has 5 rings (SSSR count). The van der Waals surface area contributed by atoms with Crippen LogP contribution in [0.1, 0.15) is 42.9 Å². The van der Waals surface area contributed by atoms with Crippen LogP contribution in [0.15, 0.2) is 65.1 Å². The molecule has 0 aliphatic carbocycles. The van der Waals surface area contributed by atoms with Crippen LogP contribution in [-0.4, -0.2) is 66.8 Å². The molecule has 3 saturated heterocycles. The van der Waals surface area contributed by atoms with Gasteiger partial charge in [-0.15, -0.1) is 0 Å². The molecule has 0 saturated carbocycles. The van der Waals surface area contributed by atoms with Crippen LogP contribution in [0.5, 0.6) is 0 Å². The fourth-order valence-corrected chi connectivity index (χ4v) is 6.59. The molecule has 0 aromatic heterocycles. The van der Waals surface area contributed by atoms with Crippen molar-refractivity contribution < 1.29 is 27.9 Å². The Morgan fingerprint density at radius 1 is 0.971 bits per heavy atom. The number of Topliss-reactive ketones (excluding diaryl/α,β-unsaturated/α-hetero) is 1. The van der Waals surface area contributed by atoms with Gasteiger partial charge in [0.1, 0.15) is 5.76 Å². The minimum Gasteiger partial charge on any atom is -0.507 e. The van der Waals surface area contributed by atoms with Gasteiger partial charge in [0, 0.05) is 31.8 Å². The first-order valence-corrected chi connectivity index (χ1v) is 13.4. The van der Waals surface area contributed by atoms with E-state index in [0.717, 1.165) is 25.7 Å². The van der Waals surface area contributed by atoms with Gasteiger partial charge in [-0.25, -0.2) is 8.42 Å². The second kappa shape index (κ2) is 9.56. The minimum atomic E-state index is -3.60. The smallest absolute Gasteiger partial charge is 0.295 e. The van der Waals surface area contributed by atoms with Crippen LogP contribution < -0.4 is 0 Å². The number of sulfonamides is 1. The molecular formula is C26H28N2O6S. The molecule has 1 amide bonds. The summed E-state index contributed by atoms with van der Waals surface area (Å²) < 4.78 is 32.8. The maximum Gasteiger partial charge on any atom is 0.295 e. The van der Waals surface area contributed by atoms with Gasteiger partial charge in [-0.3, -0.25) is 9.59 Å². The monoisotopic (exact) mass is 496 g/mol. The van der Waals surface area contributed by atoms with Gasteiger partial charge in [0.25, 0.3) is 11.7 Å². The second-order valence-electron chi connectivity index (χ2n) is 9.13. The molecular weight excluding hydrogens is 468 g/mol. The standard InChI is InChI=1S/C26H28N2O6S/c29-24(19-10-12-21(13-11-19)35(32,33)27-14-4-5-15-27)22-23(18-7-2-1-3-8-18)28(26(31)25(22)30)17-20-9-6-16-34-20/h1-3,7-8,10-13,20,23,29H,4-6,9,14-17H2/t20-,23-/m0/s1. The molecule has 3 aliphatic heterocycles. The van der Waals surface area contributed by atoms with Gasteiger partial charge in [-0.05, 0) is 55.5 Å². The molecule has 3 heterocycles. The van der Waals surface area contributed by atoms with E-state index in [1.54, 1.807) is 0 Å². The Morgan fingerprint density at radius 2 is 1.66 bits per heavy atom. The van der Waals surface area contributed by atoms with Crippen molar-refractivity contribution in [3.8, 4) is 0 Å². The number of hydrogen-bond donors (Lipinski definition) is 1. The van der Waals surface area contributed by atoms with Gasteiger partial charge in [-0.1, -0.05) is 30.3 Å². The molecule has 2 aromatic carbocycles. The Balaban J connectivity index is 1.52. The number of nitrogens with zero attached hydrogens (tertiary/aromatic N) is 2. The average Bonchev–Trinajstić information content (AvgIpc) is 3.64. The molecule has 0 radical (unpaired) electrons. The van der Waals surface area contributed by atoms with Crippen LogP contribution in [0.3, 0.4) is 0 Å². The highest BCUT2D eigenvalue weighted by atomic mass is 32.2. The molecule has 0 bridgehead atoms. The van der Waals surface area contributed by atoms with Crippen LogP contribution in [0, 0.1) is 0 Å². The molecule has 184 valence electrons. The van der Waals surface area contributed by atoms with E-state index in [4.69, 9.17) is 4.74 Å². The van der Waals surface area contributed by atoms with Crippen molar-refractivity contribution in [3.05, 3.63) is 71.3 Å². The van der Waals surface area contributed by atoms with Crippen LogP contribution in [0.4, 0.5) is 0 Å². The molecule has 0 spiro atoms. The highest BCUT2D eigenvalue weighted by molar-refractivity contribution is 7.89. The summed E-state index contributed by atoms with van der Waals surface area (Å²) in [5.74, 6) is -1.76. The summed E-state index contributed by atoms with van der Waals surface area (Å²) in [5, 5.41) is 11.2. The maximum atomic E-state index is 13.1. The van der Waals surface area contributed by atoms with Crippen LogP contribution in [0.25, 0.3) is 5.76 Å². The Morgan fingerprint density at radius 3 is 2.29 bits per heavy atom. The highest BCUT2D eigenvalue weighted by Gasteiger charge is 2.47. The predicted octanol–water partition coefficient (Wildman–Crippen LogP) is 3.07. The number of aliphatic hydroxyl groups is 1. The van der Waals surface area contributed by atoms with Crippen molar-refractivity contribution >= 4 is 27.5 Å². The zero-order valence-corrected chi connectivity index (χ0v) is 20.1. The number of amides is 1. The fourth-order valence-electron chi connectivity index (χ4n) is 5.08. The zero-order valence-electron chi connectivity index (χ0n) is 19.3. The first-order chi connectivity index (χ1) is 16.9. The lowest BCUT2D eigenvalue weighted by Gasteiger charge is -2.27. The summed E-state index contributed by atoms with van der Waals surface area (Å²) in [5.41, 5.74) is 0.982. The van der Waals surface area contributed by atoms with Crippen LogP contribution in [-0.2, 0) is 24.3 Å². The number of carbonyl (C=O) groups excluding carboxylic acids is 2. The van der Waals surface area contributed by atoms with E-state index in [2.05, 4.69) is 0 Å². The van der Waals surface area contributed by atoms with E-state index in [1.165, 1.54) is 33.5 Å². The van der Waals surface area contributed by atoms with Gasteiger partial charge >= 0.3 is 0 Å². The summed E-state index contributed by atoms with van der Waals surface area (Å²) in [4.78, 5) is 27.8. The Hall–Kier alpha value is -3.01. The second-order valence-corrected chi connectivity index (χ2v) is 11.1. The van der Waals surface area contributed by atoms with E-state index in [1.807, 2.05) is 30.3 Å². The van der Waals surface area contributed by atoms with E-state index in [-0.39, 0.29) is 34.4 Å². The van der Waals surface area contributed by atoms with Gasteiger partial charge < -0.3 is 14.7 Å². The van der Waals surface area contributed by atoms with Gasteiger partial charge in [0.2, 0.25) is 10.0 Å². The van der Waals surface area contributed by atoms with Crippen molar-refractivity contribution in [3.63, 3.8) is 0 Å². The molecule has 0 unspecified atom stereocenters. The quantitative estimate of drug-likeness (QED) is 0.375. The number of rotatable bonds is 6. The summed E-state index contributed by atoms with van der Waals surface area (Å²) in [7, 11) is -3.60. The van der Waals surface area contributed by atoms with E-state index < -0.39 is 27.8 Å². The first-order valence-electron chi connectivity index (χ1n) is 11.9. The average molecular weight is 497 g/mol. The summed E-state index contributed by atoms with van der Waals surface area (Å²) in [6, 6.07) is 14.2. The number of aliphatic hydroxyl groups excluding tert-OH is 1. The molecule has 35 heavy (non-hydrogen) atoms. The van der Waals surface area contributed by atoms with Crippen molar-refractivity contribution in [2.75, 3.05) is 26.2 Å². The molecule has 3 aliphatic rings. The Kier molecular flexibility index (Phi) is 6.48. The molecule has 9 heteroatoms. The number of ketones is 1. The van der Waals surface area contributed by atoms with E-state index in [0.29, 0.717) is 25.3 Å². The largest absolute Gasteiger partial charge is 0.507 e. The highest BCUT2D eigenvalue weighted by Crippen LogP contribution is 2.40. The van der Waals surface area contributed by atoms with Crippen LogP contribution in [0.2, 0.25) is 0 Å². The summed E-state index contributed by atoms with van der Waals surface area (Å²) >= 11 is 0. The topological polar surface area (TPSA) is 104 Å². The molecule has 3 fully saturated rings. The number of likely N-dealkylation sites (tertiary alicyclic amines) is 1. The lowest BCUT2D eigenvalue weighted by molar-refractivity contribution is -0.140. The summed E-state index contributed by atoms with van der Waals surface area (Å²) in [6.07, 6.45) is 3.22. The molecule has 8 nitrogen and oxygen atoms in total. The van der Waals surface area contributed by atoms with Gasteiger partial charge in [0.05, 0.1) is 22.6 Å². The molecule has 1 N–H and O–H groups in total. The fraction of sp³-hybridized carbons (Fsp3) is 0.385. The number of ether oxygens (including phenoxy) is 1. The zero-order chi connectivity index (χ0) is 24.6. The third-order valence-electron chi connectivity index (χ3n) is 6.91. The predicted molar refractivity (Wildman–Crippen MR) is 129 cm³/mol. The van der Waals surface area contributed by atoms with E-state index >= 15 is 0 Å². The normalized spacial score (nSPS) is 25.0. The van der Waals surface area contributed by atoms with Crippen LogP contribution >= 0.6 is 0 Å². The van der Waals surface area contributed by atoms with Crippen molar-refractivity contribution in [1.82, 2.24) is 9.21 Å².